The van der Waals surface area contributed by atoms with Crippen molar-refractivity contribution in [3.05, 3.63) is 28.3 Å². The number of halogens is 5. The maximum absolute atomic E-state index is 13.1. The minimum absolute atomic E-state index is 0.0230. The van der Waals surface area contributed by atoms with E-state index in [1.807, 2.05) is 6.92 Å². The summed E-state index contributed by atoms with van der Waals surface area (Å²) < 4.78 is 56.8. The molecule has 1 rings (SSSR count). The molecule has 0 bridgehead atoms. The smallest absolute Gasteiger partial charge is 0.205 e. The van der Waals surface area contributed by atoms with E-state index >= 15 is 0 Å². The first-order chi connectivity index (χ1) is 7.50. The van der Waals surface area contributed by atoms with Gasteiger partial charge in [0.2, 0.25) is 11.6 Å². The average Bonchev–Trinajstić information content (AvgIpc) is 2.28. The van der Waals surface area contributed by atoms with Gasteiger partial charge in [-0.2, -0.15) is 8.78 Å². The van der Waals surface area contributed by atoms with Crippen LogP contribution >= 0.6 is 11.6 Å². The summed E-state index contributed by atoms with van der Waals surface area (Å²) in [4.78, 5) is 0. The lowest BCUT2D eigenvalue weighted by atomic mass is 10.3. The van der Waals surface area contributed by atoms with Gasteiger partial charge in [-0.15, -0.1) is 0 Å². The predicted molar refractivity (Wildman–Crippen MR) is 51.7 cm³/mol. The van der Waals surface area contributed by atoms with E-state index in [0.717, 1.165) is 6.42 Å². The van der Waals surface area contributed by atoms with Gasteiger partial charge in [0.15, 0.2) is 17.4 Å². The van der Waals surface area contributed by atoms with Gasteiger partial charge in [0, 0.05) is 0 Å². The highest BCUT2D eigenvalue weighted by atomic mass is 35.5. The zero-order valence-electron chi connectivity index (χ0n) is 8.42. The van der Waals surface area contributed by atoms with Crippen molar-refractivity contribution < 1.29 is 22.3 Å². The van der Waals surface area contributed by atoms with Gasteiger partial charge in [-0.25, -0.2) is 8.78 Å². The first-order valence-electron chi connectivity index (χ1n) is 4.64. The molecule has 0 fully saturated rings. The number of ether oxygens (including phenoxy) is 1. The Bertz CT molecular complexity index is 366. The Labute approximate surface area is 95.0 Å². The van der Waals surface area contributed by atoms with Crippen LogP contribution in [0.4, 0.5) is 17.6 Å². The lowest BCUT2D eigenvalue weighted by Gasteiger charge is -2.09. The standard InChI is InChI=1S/C10H9ClF4O/c1-2-3-4-16-10-8(14)6(12)5(11)7(13)9(10)15/h2-4H2,1H3. The maximum Gasteiger partial charge on any atom is 0.205 e. The second kappa shape index (κ2) is 5.39. The molecule has 0 aliphatic carbocycles. The van der Waals surface area contributed by atoms with Crippen molar-refractivity contribution in [2.75, 3.05) is 6.61 Å². The monoisotopic (exact) mass is 256 g/mol. The van der Waals surface area contributed by atoms with Crippen molar-refractivity contribution in [2.24, 2.45) is 0 Å². The first kappa shape index (κ1) is 13.1. The van der Waals surface area contributed by atoms with Crippen molar-refractivity contribution >= 4 is 11.6 Å². The molecule has 0 aliphatic heterocycles. The van der Waals surface area contributed by atoms with Gasteiger partial charge >= 0.3 is 0 Å². The van der Waals surface area contributed by atoms with Gasteiger partial charge in [0.1, 0.15) is 5.02 Å². The molecule has 90 valence electrons. The van der Waals surface area contributed by atoms with Crippen molar-refractivity contribution in [1.82, 2.24) is 0 Å². The van der Waals surface area contributed by atoms with Gasteiger partial charge in [0.25, 0.3) is 0 Å². The van der Waals surface area contributed by atoms with Gasteiger partial charge in [-0.1, -0.05) is 24.9 Å². The Kier molecular flexibility index (Phi) is 4.41. The summed E-state index contributed by atoms with van der Waals surface area (Å²) in [5.41, 5.74) is 0. The number of unbranched alkanes of at least 4 members (excludes halogenated alkanes) is 1. The Morgan fingerprint density at radius 3 is 1.94 bits per heavy atom. The third kappa shape index (κ3) is 2.40. The van der Waals surface area contributed by atoms with Crippen LogP contribution in [0.25, 0.3) is 0 Å². The molecule has 0 saturated heterocycles. The fourth-order valence-corrected chi connectivity index (χ4v) is 1.20. The zero-order valence-corrected chi connectivity index (χ0v) is 9.18. The Balaban J connectivity index is 3.08. The van der Waals surface area contributed by atoms with Crippen LogP contribution in [0, 0.1) is 23.3 Å². The van der Waals surface area contributed by atoms with E-state index in [4.69, 9.17) is 11.6 Å². The molecule has 16 heavy (non-hydrogen) atoms. The molecule has 0 aliphatic rings. The zero-order chi connectivity index (χ0) is 12.3. The van der Waals surface area contributed by atoms with Gasteiger partial charge in [-0.05, 0) is 6.42 Å². The largest absolute Gasteiger partial charge is 0.487 e. The third-order valence-corrected chi connectivity index (χ3v) is 2.25. The number of hydrogen-bond donors (Lipinski definition) is 0. The van der Waals surface area contributed by atoms with Crippen LogP contribution in [0.2, 0.25) is 5.02 Å². The summed E-state index contributed by atoms with van der Waals surface area (Å²) in [5.74, 6) is -7.58. The minimum Gasteiger partial charge on any atom is -0.487 e. The van der Waals surface area contributed by atoms with Crippen LogP contribution in [0.5, 0.6) is 5.75 Å². The lowest BCUT2D eigenvalue weighted by Crippen LogP contribution is -2.05. The Hall–Kier alpha value is -0.970. The quantitative estimate of drug-likeness (QED) is 0.341. The topological polar surface area (TPSA) is 9.23 Å². The third-order valence-electron chi connectivity index (χ3n) is 1.91. The highest BCUT2D eigenvalue weighted by Crippen LogP contribution is 2.32. The fraction of sp³-hybridized carbons (Fsp3) is 0.400. The maximum atomic E-state index is 13.1. The van der Waals surface area contributed by atoms with E-state index < -0.39 is 34.0 Å². The van der Waals surface area contributed by atoms with E-state index in [1.54, 1.807) is 0 Å². The number of benzene rings is 1. The molecule has 0 atom stereocenters. The highest BCUT2D eigenvalue weighted by Gasteiger charge is 2.25. The van der Waals surface area contributed by atoms with Crippen LogP contribution < -0.4 is 4.74 Å². The minimum atomic E-state index is -1.65. The number of hydrogen-bond acceptors (Lipinski definition) is 1. The summed E-state index contributed by atoms with van der Waals surface area (Å²) >= 11 is 5.04. The van der Waals surface area contributed by atoms with Crippen molar-refractivity contribution in [1.29, 1.82) is 0 Å². The van der Waals surface area contributed by atoms with E-state index in [0.29, 0.717) is 6.42 Å². The van der Waals surface area contributed by atoms with Crippen LogP contribution in [0.1, 0.15) is 19.8 Å². The molecule has 0 radical (unpaired) electrons. The molecule has 1 aromatic carbocycles. The summed E-state index contributed by atoms with van der Waals surface area (Å²) in [6.45, 7) is 1.81. The van der Waals surface area contributed by atoms with Crippen LogP contribution in [-0.2, 0) is 0 Å². The molecule has 0 aromatic heterocycles. The molecule has 0 N–H and O–H groups in total. The van der Waals surface area contributed by atoms with E-state index in [1.165, 1.54) is 0 Å². The lowest BCUT2D eigenvalue weighted by molar-refractivity contribution is 0.266. The molecule has 0 heterocycles. The van der Waals surface area contributed by atoms with Gasteiger partial charge in [0.05, 0.1) is 6.61 Å². The van der Waals surface area contributed by atoms with Crippen LogP contribution in [0.3, 0.4) is 0 Å². The highest BCUT2D eigenvalue weighted by molar-refractivity contribution is 6.30. The SMILES string of the molecule is CCCCOc1c(F)c(F)c(Cl)c(F)c1F. The normalized spacial score (nSPS) is 10.6. The first-order valence-corrected chi connectivity index (χ1v) is 5.02. The second-order valence-corrected chi connectivity index (χ2v) is 3.48. The van der Waals surface area contributed by atoms with Crippen molar-refractivity contribution in [3.63, 3.8) is 0 Å². The van der Waals surface area contributed by atoms with Crippen molar-refractivity contribution in [2.45, 2.75) is 19.8 Å². The fourth-order valence-electron chi connectivity index (χ4n) is 1.03. The molecule has 6 heteroatoms. The molecular formula is C10H9ClF4O. The number of rotatable bonds is 4. The van der Waals surface area contributed by atoms with Crippen LogP contribution in [0.15, 0.2) is 0 Å². The summed E-state index contributed by atoms with van der Waals surface area (Å²) in [7, 11) is 0. The van der Waals surface area contributed by atoms with E-state index in [2.05, 4.69) is 4.74 Å². The Morgan fingerprint density at radius 2 is 1.50 bits per heavy atom. The van der Waals surface area contributed by atoms with E-state index in [9.17, 15) is 17.6 Å². The molecule has 0 unspecified atom stereocenters. The molecule has 0 spiro atoms. The second-order valence-electron chi connectivity index (χ2n) is 3.10. The summed E-state index contributed by atoms with van der Waals surface area (Å²) in [6, 6.07) is 0. The van der Waals surface area contributed by atoms with Crippen LogP contribution in [-0.4, -0.2) is 6.61 Å². The average molecular weight is 257 g/mol. The summed E-state index contributed by atoms with van der Waals surface area (Å²) in [5, 5.41) is -1.21. The molecule has 1 nitrogen and oxygen atoms in total. The van der Waals surface area contributed by atoms with E-state index in [-0.39, 0.29) is 6.61 Å². The summed E-state index contributed by atoms with van der Waals surface area (Å²) in [6.07, 6.45) is 1.24. The van der Waals surface area contributed by atoms with Crippen molar-refractivity contribution in [3.8, 4) is 5.75 Å². The molecule has 0 amide bonds. The Morgan fingerprint density at radius 1 is 1.00 bits per heavy atom. The predicted octanol–water partition coefficient (Wildman–Crippen LogP) is 4.08. The molecule has 0 saturated carbocycles. The van der Waals surface area contributed by atoms with Gasteiger partial charge in [-0.3, -0.25) is 0 Å². The van der Waals surface area contributed by atoms with Gasteiger partial charge < -0.3 is 4.74 Å². The molecular weight excluding hydrogens is 248 g/mol. The molecule has 1 aromatic rings.